The molecule has 16 heteroatoms. The molecule has 5 heterocycles. The quantitative estimate of drug-likeness (QED) is 0.389. The van der Waals surface area contributed by atoms with Gasteiger partial charge in [0, 0.05) is 61.6 Å². The summed E-state index contributed by atoms with van der Waals surface area (Å²) in [5.74, 6) is -3.19. The summed E-state index contributed by atoms with van der Waals surface area (Å²) in [5, 5.41) is 36.1. The van der Waals surface area contributed by atoms with Crippen molar-refractivity contribution in [2.75, 3.05) is 0 Å². The number of aromatic hydroxyl groups is 1. The van der Waals surface area contributed by atoms with Crippen molar-refractivity contribution < 1.29 is 77.2 Å². The average molecular weight is 823 g/mol. The maximum atomic E-state index is 14.4. The second kappa shape index (κ2) is 14.5. The summed E-state index contributed by atoms with van der Waals surface area (Å²) in [6.07, 6.45) is -3.32. The van der Waals surface area contributed by atoms with E-state index >= 15 is 0 Å². The van der Waals surface area contributed by atoms with E-state index < -0.39 is 120 Å². The number of fused-ring (bicyclic) bond motifs is 5. The summed E-state index contributed by atoms with van der Waals surface area (Å²) in [4.78, 5) is 67.0. The summed E-state index contributed by atoms with van der Waals surface area (Å²) in [6.45, 7) is 8.59. The number of phenolic OH excluding ortho intramolecular Hbond substituents is 1. The van der Waals surface area contributed by atoms with Crippen LogP contribution in [0.15, 0.2) is 35.4 Å². The van der Waals surface area contributed by atoms with Gasteiger partial charge in [0.1, 0.15) is 35.8 Å². The minimum atomic E-state index is -2.80. The highest BCUT2D eigenvalue weighted by molar-refractivity contribution is 6.32. The molecular weight excluding hydrogens is 772 g/mol. The van der Waals surface area contributed by atoms with Gasteiger partial charge >= 0.3 is 0 Å². The number of hydrogen-bond donors (Lipinski definition) is 3. The number of Topliss-reactive ketones (excluding diaryl/α,β-unsaturated/α-hetero) is 5. The normalized spacial score (nSPS) is 44.7. The molecule has 0 radical (unpaired) electrons. The predicted molar refractivity (Wildman–Crippen MR) is 199 cm³/mol. The van der Waals surface area contributed by atoms with Crippen molar-refractivity contribution in [3.05, 3.63) is 52.1 Å². The van der Waals surface area contributed by atoms with E-state index in [4.69, 9.17) is 37.9 Å². The Morgan fingerprint density at radius 3 is 2.31 bits per heavy atom. The van der Waals surface area contributed by atoms with E-state index in [1.165, 1.54) is 18.2 Å². The van der Waals surface area contributed by atoms with Gasteiger partial charge in [-0.3, -0.25) is 24.0 Å². The number of carbonyl (C=O) groups excluding carboxylic acids is 5. The zero-order chi connectivity index (χ0) is 41.9. The Kier molecular flexibility index (Phi) is 10.1. The van der Waals surface area contributed by atoms with Crippen molar-refractivity contribution in [1.82, 2.24) is 0 Å². The highest BCUT2D eigenvalue weighted by Gasteiger charge is 2.67. The number of allylic oxidation sites excluding steroid dienone is 2. The molecule has 1 aromatic carbocycles. The first-order valence-electron chi connectivity index (χ1n) is 20.6. The molecule has 59 heavy (non-hydrogen) atoms. The molecule has 5 aliphatic heterocycles. The summed E-state index contributed by atoms with van der Waals surface area (Å²) >= 11 is 0. The molecule has 318 valence electrons. The van der Waals surface area contributed by atoms with Crippen LogP contribution in [0, 0.1) is 0 Å². The Morgan fingerprint density at radius 2 is 1.56 bits per heavy atom. The van der Waals surface area contributed by atoms with Crippen LogP contribution in [0.25, 0.3) is 0 Å². The molecule has 0 aromatic heterocycles. The largest absolute Gasteiger partial charge is 0.507 e. The molecule has 6 fully saturated rings. The molecule has 5 saturated heterocycles. The summed E-state index contributed by atoms with van der Waals surface area (Å²) < 4.78 is 48.8. The standard InChI is InChI=1S/C43H50O16/c1-18-25(44)8-10-32(53-18)57-27-9-11-33(54-20(27)3)59-41(5)16-31(46)43(51)35-24(12-13-42(43,50)17-41)37(48)34-23(38(35)49)7-6-22(36(34)47)28-15-29-39(21(4)52-28)58-40-30(56-29)14-26(45)19(2)55-40/h6-7,12-13,18-21,27-30,32-33,39-40,47,50-51H,8-11,14-17H2,1-5H3. The Morgan fingerprint density at radius 1 is 0.797 bits per heavy atom. The lowest BCUT2D eigenvalue weighted by atomic mass is 9.57. The molecule has 15 unspecified atom stereocenters. The van der Waals surface area contributed by atoms with Gasteiger partial charge in [0.05, 0.1) is 47.3 Å². The fourth-order valence-electron chi connectivity index (χ4n) is 10.3. The van der Waals surface area contributed by atoms with E-state index in [1.54, 1.807) is 27.7 Å². The molecule has 9 rings (SSSR count). The molecule has 0 spiro atoms. The molecule has 0 bridgehead atoms. The number of ether oxygens (including phenoxy) is 8. The lowest BCUT2D eigenvalue weighted by Gasteiger charge is -2.53. The minimum Gasteiger partial charge on any atom is -0.507 e. The van der Waals surface area contributed by atoms with E-state index in [0.717, 1.165) is 6.08 Å². The van der Waals surface area contributed by atoms with Gasteiger partial charge < -0.3 is 53.2 Å². The highest BCUT2D eigenvalue weighted by Crippen LogP contribution is 2.53. The van der Waals surface area contributed by atoms with Gasteiger partial charge in [0.25, 0.3) is 0 Å². The number of rotatable bonds is 5. The van der Waals surface area contributed by atoms with Crippen LogP contribution in [0.2, 0.25) is 0 Å². The van der Waals surface area contributed by atoms with Crippen LogP contribution in [0.4, 0.5) is 0 Å². The van der Waals surface area contributed by atoms with Crippen molar-refractivity contribution in [3.63, 3.8) is 0 Å². The number of ketones is 5. The lowest BCUT2D eigenvalue weighted by molar-refractivity contribution is -0.347. The maximum absolute atomic E-state index is 14.4. The minimum absolute atomic E-state index is 0.0306. The third-order valence-electron chi connectivity index (χ3n) is 13.4. The first-order chi connectivity index (χ1) is 27.9. The highest BCUT2D eigenvalue weighted by atomic mass is 16.7. The van der Waals surface area contributed by atoms with E-state index in [9.17, 15) is 39.3 Å². The molecule has 1 saturated carbocycles. The van der Waals surface area contributed by atoms with E-state index in [-0.39, 0.29) is 59.2 Å². The predicted octanol–water partition coefficient (Wildman–Crippen LogP) is 2.95. The third kappa shape index (κ3) is 6.62. The van der Waals surface area contributed by atoms with Crippen molar-refractivity contribution in [2.45, 2.75) is 177 Å². The number of phenols is 1. The van der Waals surface area contributed by atoms with E-state index in [0.29, 0.717) is 25.7 Å². The molecule has 8 aliphatic rings. The number of aliphatic hydroxyl groups is 2. The van der Waals surface area contributed by atoms with Crippen LogP contribution in [0.1, 0.15) is 118 Å². The van der Waals surface area contributed by atoms with Gasteiger partial charge in [-0.05, 0) is 53.2 Å². The van der Waals surface area contributed by atoms with Gasteiger partial charge in [-0.15, -0.1) is 0 Å². The lowest BCUT2D eigenvalue weighted by Crippen LogP contribution is -2.69. The van der Waals surface area contributed by atoms with Gasteiger partial charge in [-0.25, -0.2) is 0 Å². The Bertz CT molecular complexity index is 2060. The Labute approximate surface area is 340 Å². The van der Waals surface area contributed by atoms with Crippen LogP contribution in [0.3, 0.4) is 0 Å². The topological polar surface area (TPSA) is 220 Å². The number of benzene rings is 1. The van der Waals surface area contributed by atoms with Crippen molar-refractivity contribution in [3.8, 4) is 5.75 Å². The van der Waals surface area contributed by atoms with Crippen LogP contribution >= 0.6 is 0 Å². The van der Waals surface area contributed by atoms with E-state index in [2.05, 4.69) is 0 Å². The van der Waals surface area contributed by atoms with Gasteiger partial charge in [-0.1, -0.05) is 12.1 Å². The maximum Gasteiger partial charge on any atom is 0.198 e. The smallest absolute Gasteiger partial charge is 0.198 e. The molecule has 15 atom stereocenters. The first-order valence-corrected chi connectivity index (χ1v) is 20.6. The fraction of sp³-hybridized carbons (Fsp3) is 0.651. The number of hydrogen-bond acceptors (Lipinski definition) is 16. The zero-order valence-corrected chi connectivity index (χ0v) is 33.5. The molecule has 1 aromatic rings. The van der Waals surface area contributed by atoms with Crippen molar-refractivity contribution in [1.29, 1.82) is 0 Å². The third-order valence-corrected chi connectivity index (χ3v) is 13.4. The van der Waals surface area contributed by atoms with Gasteiger partial charge in [-0.2, -0.15) is 0 Å². The summed E-state index contributed by atoms with van der Waals surface area (Å²) in [5.41, 5.74) is -7.72. The zero-order valence-electron chi connectivity index (χ0n) is 33.5. The van der Waals surface area contributed by atoms with Gasteiger partial charge in [0.2, 0.25) is 0 Å². The molecule has 16 nitrogen and oxygen atoms in total. The Balaban J connectivity index is 0.908. The average Bonchev–Trinajstić information content (AvgIpc) is 3.16. The summed E-state index contributed by atoms with van der Waals surface area (Å²) in [7, 11) is 0. The second-order valence-corrected chi connectivity index (χ2v) is 17.6. The molecular formula is C43H50O16. The molecule has 0 amide bonds. The van der Waals surface area contributed by atoms with Crippen molar-refractivity contribution in [2.24, 2.45) is 0 Å². The van der Waals surface area contributed by atoms with Crippen LogP contribution < -0.4 is 0 Å². The SMILES string of the molecule is CC1OC(OC2CCC(OC3(C)CC(=O)C4(O)C5=C(C=CC4(O)C3)C(=O)c3c(ccc(C4CC6OC7CC(=O)C(C)OC7OC6C(C)O4)c3O)C5=O)OC2C)CCC1=O. The van der Waals surface area contributed by atoms with Crippen LogP contribution in [-0.4, -0.2) is 129 Å². The Hall–Kier alpha value is -3.55. The number of carbonyl (C=O) groups is 5. The van der Waals surface area contributed by atoms with Crippen LogP contribution in [0.5, 0.6) is 5.75 Å². The van der Waals surface area contributed by atoms with Crippen molar-refractivity contribution >= 4 is 28.9 Å². The van der Waals surface area contributed by atoms with Crippen LogP contribution in [-0.2, 0) is 52.3 Å². The first kappa shape index (κ1) is 40.8. The molecule has 3 N–H and O–H groups in total. The van der Waals surface area contributed by atoms with E-state index in [1.807, 2.05) is 6.92 Å². The second-order valence-electron chi connectivity index (χ2n) is 17.6. The fourth-order valence-corrected chi connectivity index (χ4v) is 10.3. The monoisotopic (exact) mass is 822 g/mol. The molecule has 3 aliphatic carbocycles. The summed E-state index contributed by atoms with van der Waals surface area (Å²) in [6, 6.07) is 2.80. The van der Waals surface area contributed by atoms with Gasteiger partial charge in [0.15, 0.2) is 53.4 Å².